The minimum absolute atomic E-state index is 0.104. The van der Waals surface area contributed by atoms with Crippen LogP contribution >= 0.6 is 0 Å². The van der Waals surface area contributed by atoms with Crippen LogP contribution in [0.3, 0.4) is 0 Å². The molecule has 0 saturated carbocycles. The average molecular weight is 227 g/mol. The number of anilines is 1. The molecule has 0 aliphatic heterocycles. The Kier molecular flexibility index (Phi) is 4.54. The summed E-state index contributed by atoms with van der Waals surface area (Å²) in [7, 11) is 1.52. The second-order valence-corrected chi connectivity index (χ2v) is 3.52. The lowest BCUT2D eigenvalue weighted by Gasteiger charge is -2.19. The lowest BCUT2D eigenvalue weighted by atomic mass is 10.0. The van der Waals surface area contributed by atoms with Gasteiger partial charge in [0.1, 0.15) is 11.9 Å². The SMILES string of the molecule is COc1ccc(C(O)C(O)CCO)c(N)c1. The summed E-state index contributed by atoms with van der Waals surface area (Å²) in [5.74, 6) is 0.588. The number of aliphatic hydroxyl groups excluding tert-OH is 3. The molecule has 1 rings (SSSR count). The van der Waals surface area contributed by atoms with E-state index >= 15 is 0 Å². The van der Waals surface area contributed by atoms with Gasteiger partial charge in [0.25, 0.3) is 0 Å². The third-order valence-corrected chi connectivity index (χ3v) is 2.40. The van der Waals surface area contributed by atoms with Crippen LogP contribution in [0.4, 0.5) is 5.69 Å². The fourth-order valence-corrected chi connectivity index (χ4v) is 1.45. The molecule has 2 atom stereocenters. The molecule has 0 aliphatic rings. The summed E-state index contributed by atoms with van der Waals surface area (Å²) in [4.78, 5) is 0. The van der Waals surface area contributed by atoms with Crippen molar-refractivity contribution in [3.63, 3.8) is 0 Å². The number of ether oxygens (including phenoxy) is 1. The molecule has 1 aromatic carbocycles. The van der Waals surface area contributed by atoms with Crippen molar-refractivity contribution in [3.8, 4) is 5.75 Å². The predicted molar refractivity (Wildman–Crippen MR) is 60.1 cm³/mol. The van der Waals surface area contributed by atoms with Crippen LogP contribution in [0.1, 0.15) is 18.1 Å². The predicted octanol–water partition coefficient (Wildman–Crippen LogP) is 0.0541. The van der Waals surface area contributed by atoms with Crippen molar-refractivity contribution in [3.05, 3.63) is 23.8 Å². The number of hydrogen-bond donors (Lipinski definition) is 4. The quantitative estimate of drug-likeness (QED) is 0.533. The van der Waals surface area contributed by atoms with Crippen molar-refractivity contribution in [1.82, 2.24) is 0 Å². The van der Waals surface area contributed by atoms with E-state index in [4.69, 9.17) is 15.6 Å². The number of nitrogen functional groups attached to an aromatic ring is 1. The molecule has 16 heavy (non-hydrogen) atoms. The molecule has 0 heterocycles. The summed E-state index contributed by atoms with van der Waals surface area (Å²) in [6.45, 7) is -0.186. The Bertz CT molecular complexity index is 343. The van der Waals surface area contributed by atoms with Crippen LogP contribution in [0.2, 0.25) is 0 Å². The monoisotopic (exact) mass is 227 g/mol. The van der Waals surface area contributed by atoms with Gasteiger partial charge in [-0.3, -0.25) is 0 Å². The minimum Gasteiger partial charge on any atom is -0.497 e. The Morgan fingerprint density at radius 2 is 2.06 bits per heavy atom. The largest absolute Gasteiger partial charge is 0.497 e. The van der Waals surface area contributed by atoms with E-state index in [2.05, 4.69) is 0 Å². The van der Waals surface area contributed by atoms with E-state index in [1.165, 1.54) is 7.11 Å². The second kappa shape index (κ2) is 5.69. The van der Waals surface area contributed by atoms with E-state index in [1.54, 1.807) is 18.2 Å². The maximum absolute atomic E-state index is 9.78. The van der Waals surface area contributed by atoms with Gasteiger partial charge in [-0.25, -0.2) is 0 Å². The molecule has 0 spiro atoms. The molecule has 90 valence electrons. The van der Waals surface area contributed by atoms with Crippen molar-refractivity contribution < 1.29 is 20.1 Å². The maximum Gasteiger partial charge on any atom is 0.120 e. The van der Waals surface area contributed by atoms with Crippen LogP contribution < -0.4 is 10.5 Å². The standard InChI is InChI=1S/C11H17NO4/c1-16-7-2-3-8(9(12)6-7)11(15)10(14)4-5-13/h2-3,6,10-11,13-15H,4-5,12H2,1H3. The molecular formula is C11H17NO4. The molecule has 0 aromatic heterocycles. The third kappa shape index (κ3) is 2.85. The Morgan fingerprint density at radius 1 is 1.38 bits per heavy atom. The lowest BCUT2D eigenvalue weighted by molar-refractivity contribution is 0.00459. The summed E-state index contributed by atoms with van der Waals surface area (Å²) in [5.41, 5.74) is 6.50. The number of rotatable bonds is 5. The van der Waals surface area contributed by atoms with Crippen molar-refractivity contribution in [2.75, 3.05) is 19.5 Å². The highest BCUT2D eigenvalue weighted by atomic mass is 16.5. The van der Waals surface area contributed by atoms with Gasteiger partial charge < -0.3 is 25.8 Å². The number of methoxy groups -OCH3 is 1. The molecule has 0 bridgehead atoms. The van der Waals surface area contributed by atoms with Crippen LogP contribution in [-0.2, 0) is 0 Å². The zero-order valence-corrected chi connectivity index (χ0v) is 9.13. The first-order valence-corrected chi connectivity index (χ1v) is 5.00. The Hall–Kier alpha value is -1.30. The molecule has 5 heteroatoms. The van der Waals surface area contributed by atoms with Crippen LogP contribution in [0.25, 0.3) is 0 Å². The zero-order chi connectivity index (χ0) is 12.1. The summed E-state index contributed by atoms with van der Waals surface area (Å²) in [6, 6.07) is 4.82. The highest BCUT2D eigenvalue weighted by Crippen LogP contribution is 2.27. The molecule has 0 aliphatic carbocycles. The van der Waals surface area contributed by atoms with E-state index in [9.17, 15) is 10.2 Å². The van der Waals surface area contributed by atoms with E-state index in [0.29, 0.717) is 17.0 Å². The van der Waals surface area contributed by atoms with Gasteiger partial charge in [-0.2, -0.15) is 0 Å². The summed E-state index contributed by atoms with van der Waals surface area (Å²) >= 11 is 0. The first-order chi connectivity index (χ1) is 7.60. The lowest BCUT2D eigenvalue weighted by Crippen LogP contribution is -2.20. The fourth-order valence-electron chi connectivity index (χ4n) is 1.45. The van der Waals surface area contributed by atoms with E-state index in [1.807, 2.05) is 0 Å². The van der Waals surface area contributed by atoms with Crippen LogP contribution in [-0.4, -0.2) is 35.1 Å². The molecule has 5 N–H and O–H groups in total. The van der Waals surface area contributed by atoms with Crippen molar-refractivity contribution in [2.24, 2.45) is 0 Å². The maximum atomic E-state index is 9.78. The summed E-state index contributed by atoms with van der Waals surface area (Å²) in [6.07, 6.45) is -2.02. The first-order valence-electron chi connectivity index (χ1n) is 5.00. The first kappa shape index (κ1) is 12.8. The summed E-state index contributed by atoms with van der Waals surface area (Å²) in [5, 5.41) is 28.0. The number of hydrogen-bond acceptors (Lipinski definition) is 5. The molecular weight excluding hydrogens is 210 g/mol. The van der Waals surface area contributed by atoms with Gasteiger partial charge in [-0.1, -0.05) is 6.07 Å². The fraction of sp³-hybridized carbons (Fsp3) is 0.455. The smallest absolute Gasteiger partial charge is 0.120 e. The second-order valence-electron chi connectivity index (χ2n) is 3.52. The minimum atomic E-state index is -1.10. The Morgan fingerprint density at radius 3 is 2.56 bits per heavy atom. The molecule has 0 saturated heterocycles. The third-order valence-electron chi connectivity index (χ3n) is 2.40. The van der Waals surface area contributed by atoms with Crippen LogP contribution in [0.15, 0.2) is 18.2 Å². The molecule has 5 nitrogen and oxygen atoms in total. The Balaban J connectivity index is 2.87. The van der Waals surface area contributed by atoms with Gasteiger partial charge in [0, 0.05) is 23.9 Å². The number of aliphatic hydroxyl groups is 3. The Labute approximate surface area is 94.1 Å². The zero-order valence-electron chi connectivity index (χ0n) is 9.13. The molecule has 0 amide bonds. The molecule has 2 unspecified atom stereocenters. The summed E-state index contributed by atoms with van der Waals surface area (Å²) < 4.78 is 4.97. The van der Waals surface area contributed by atoms with Gasteiger partial charge in [0.2, 0.25) is 0 Å². The van der Waals surface area contributed by atoms with E-state index < -0.39 is 12.2 Å². The van der Waals surface area contributed by atoms with Crippen molar-refractivity contribution in [2.45, 2.75) is 18.6 Å². The van der Waals surface area contributed by atoms with Gasteiger partial charge in [-0.15, -0.1) is 0 Å². The van der Waals surface area contributed by atoms with Crippen LogP contribution in [0.5, 0.6) is 5.75 Å². The highest BCUT2D eigenvalue weighted by Gasteiger charge is 2.20. The molecule has 0 radical (unpaired) electrons. The van der Waals surface area contributed by atoms with Crippen LogP contribution in [0, 0.1) is 0 Å². The average Bonchev–Trinajstić information content (AvgIpc) is 2.28. The number of nitrogens with two attached hydrogens (primary N) is 1. The molecule has 1 aromatic rings. The van der Waals surface area contributed by atoms with Gasteiger partial charge in [-0.05, 0) is 12.5 Å². The highest BCUT2D eigenvalue weighted by molar-refractivity contribution is 5.52. The number of benzene rings is 1. The van der Waals surface area contributed by atoms with E-state index in [-0.39, 0.29) is 13.0 Å². The van der Waals surface area contributed by atoms with Crippen molar-refractivity contribution >= 4 is 5.69 Å². The normalized spacial score (nSPS) is 14.5. The van der Waals surface area contributed by atoms with Gasteiger partial charge in [0.15, 0.2) is 0 Å². The topological polar surface area (TPSA) is 95.9 Å². The van der Waals surface area contributed by atoms with Gasteiger partial charge >= 0.3 is 0 Å². The van der Waals surface area contributed by atoms with E-state index in [0.717, 1.165) is 0 Å². The molecule has 0 fully saturated rings. The van der Waals surface area contributed by atoms with Crippen molar-refractivity contribution in [1.29, 1.82) is 0 Å². The van der Waals surface area contributed by atoms with Gasteiger partial charge in [0.05, 0.1) is 13.2 Å².